The number of nitrogens with one attached hydrogen (secondary N) is 1. The molecule has 0 saturated heterocycles. The summed E-state index contributed by atoms with van der Waals surface area (Å²) in [7, 11) is 0. The van der Waals surface area contributed by atoms with E-state index in [1.165, 1.54) is 18.3 Å². The third kappa shape index (κ3) is 3.54. The SMILES string of the molecule is O=C(Nc1nc(-c2cccc(C(F)(F)F)c2)cs1)c1cnns1. The van der Waals surface area contributed by atoms with Crippen molar-refractivity contribution in [2.45, 2.75) is 6.18 Å². The van der Waals surface area contributed by atoms with Crippen molar-refractivity contribution in [1.82, 2.24) is 14.6 Å². The molecular formula is C13H7F3N4OS2. The van der Waals surface area contributed by atoms with Crippen LogP contribution in [0.3, 0.4) is 0 Å². The van der Waals surface area contributed by atoms with Crippen LogP contribution >= 0.6 is 22.9 Å². The number of carbonyl (C=O) groups excluding carboxylic acids is 1. The first-order chi connectivity index (χ1) is 10.9. The molecule has 1 N–H and O–H groups in total. The van der Waals surface area contributed by atoms with Gasteiger partial charge >= 0.3 is 6.18 Å². The predicted octanol–water partition coefficient (Wildman–Crippen LogP) is 3.93. The van der Waals surface area contributed by atoms with Crippen LogP contribution in [0.5, 0.6) is 0 Å². The maximum atomic E-state index is 12.7. The number of anilines is 1. The first-order valence-electron chi connectivity index (χ1n) is 6.15. The van der Waals surface area contributed by atoms with E-state index in [-0.39, 0.29) is 5.13 Å². The van der Waals surface area contributed by atoms with E-state index in [9.17, 15) is 18.0 Å². The van der Waals surface area contributed by atoms with Gasteiger partial charge in [0, 0.05) is 10.9 Å². The topological polar surface area (TPSA) is 67.8 Å². The molecule has 0 aliphatic rings. The summed E-state index contributed by atoms with van der Waals surface area (Å²) >= 11 is 2.06. The van der Waals surface area contributed by atoms with Gasteiger partial charge in [-0.15, -0.1) is 16.4 Å². The number of rotatable bonds is 3. The lowest BCUT2D eigenvalue weighted by molar-refractivity contribution is -0.137. The van der Waals surface area contributed by atoms with Gasteiger partial charge in [0.15, 0.2) is 5.13 Å². The lowest BCUT2D eigenvalue weighted by Gasteiger charge is -2.07. The maximum Gasteiger partial charge on any atom is 0.416 e. The number of hydrogen-bond acceptors (Lipinski definition) is 6. The van der Waals surface area contributed by atoms with Crippen LogP contribution in [0.25, 0.3) is 11.3 Å². The summed E-state index contributed by atoms with van der Waals surface area (Å²) in [6, 6.07) is 4.87. The Balaban J connectivity index is 1.81. The molecular weight excluding hydrogens is 349 g/mol. The smallest absolute Gasteiger partial charge is 0.297 e. The molecule has 2 heterocycles. The molecule has 3 aromatic rings. The zero-order valence-electron chi connectivity index (χ0n) is 11.2. The van der Waals surface area contributed by atoms with Crippen molar-refractivity contribution in [2.24, 2.45) is 0 Å². The van der Waals surface area contributed by atoms with Crippen LogP contribution in [0.2, 0.25) is 0 Å². The van der Waals surface area contributed by atoms with E-state index in [0.717, 1.165) is 35.0 Å². The molecule has 0 radical (unpaired) electrons. The van der Waals surface area contributed by atoms with Crippen LogP contribution in [0.4, 0.5) is 18.3 Å². The molecule has 23 heavy (non-hydrogen) atoms. The number of benzene rings is 1. The molecule has 0 spiro atoms. The zero-order chi connectivity index (χ0) is 16.4. The Morgan fingerprint density at radius 1 is 1.26 bits per heavy atom. The van der Waals surface area contributed by atoms with E-state index in [1.807, 2.05) is 0 Å². The van der Waals surface area contributed by atoms with Gasteiger partial charge in [-0.05, 0) is 23.7 Å². The Hall–Kier alpha value is -2.33. The molecule has 0 saturated carbocycles. The fourth-order valence-electron chi connectivity index (χ4n) is 1.74. The molecule has 0 atom stereocenters. The molecule has 2 aromatic heterocycles. The van der Waals surface area contributed by atoms with Crippen molar-refractivity contribution in [3.63, 3.8) is 0 Å². The molecule has 118 valence electrons. The number of carbonyl (C=O) groups is 1. The summed E-state index contributed by atoms with van der Waals surface area (Å²) in [6.45, 7) is 0. The van der Waals surface area contributed by atoms with Crippen LogP contribution in [0.1, 0.15) is 15.2 Å². The van der Waals surface area contributed by atoms with Crippen molar-refractivity contribution in [2.75, 3.05) is 5.32 Å². The van der Waals surface area contributed by atoms with E-state index >= 15 is 0 Å². The molecule has 10 heteroatoms. The number of amides is 1. The summed E-state index contributed by atoms with van der Waals surface area (Å²) in [5.41, 5.74) is -0.0563. The van der Waals surface area contributed by atoms with Gasteiger partial charge < -0.3 is 0 Å². The van der Waals surface area contributed by atoms with Crippen molar-refractivity contribution in [3.05, 3.63) is 46.3 Å². The minimum Gasteiger partial charge on any atom is -0.297 e. The van der Waals surface area contributed by atoms with Crippen molar-refractivity contribution in [1.29, 1.82) is 0 Å². The van der Waals surface area contributed by atoms with Gasteiger partial charge in [0.05, 0.1) is 17.5 Å². The van der Waals surface area contributed by atoms with E-state index < -0.39 is 17.6 Å². The number of nitrogens with zero attached hydrogens (tertiary/aromatic N) is 3. The summed E-state index contributed by atoms with van der Waals surface area (Å²) in [5, 5.41) is 7.98. The Bertz CT molecular complexity index is 830. The van der Waals surface area contributed by atoms with Crippen molar-refractivity contribution in [3.8, 4) is 11.3 Å². The summed E-state index contributed by atoms with van der Waals surface area (Å²) < 4.78 is 41.8. The molecule has 5 nitrogen and oxygen atoms in total. The number of hydrogen-bond donors (Lipinski definition) is 1. The third-order valence-corrected chi connectivity index (χ3v) is 4.22. The second kappa shape index (κ2) is 6.05. The number of alkyl halides is 3. The largest absolute Gasteiger partial charge is 0.416 e. The molecule has 0 fully saturated rings. The van der Waals surface area contributed by atoms with Gasteiger partial charge in [0.1, 0.15) is 4.88 Å². The Morgan fingerprint density at radius 2 is 2.09 bits per heavy atom. The van der Waals surface area contributed by atoms with Gasteiger partial charge in [-0.1, -0.05) is 16.6 Å². The van der Waals surface area contributed by atoms with Gasteiger partial charge in [-0.3, -0.25) is 10.1 Å². The van der Waals surface area contributed by atoms with Crippen molar-refractivity contribution >= 4 is 33.9 Å². The first kappa shape index (κ1) is 15.6. The summed E-state index contributed by atoms with van der Waals surface area (Å²) in [6.07, 6.45) is -3.09. The molecule has 1 amide bonds. The van der Waals surface area contributed by atoms with Crippen LogP contribution < -0.4 is 5.32 Å². The average Bonchev–Trinajstić information content (AvgIpc) is 3.18. The normalized spacial score (nSPS) is 11.4. The minimum atomic E-state index is -4.41. The molecule has 0 aliphatic heterocycles. The van der Waals surface area contributed by atoms with Crippen LogP contribution in [-0.4, -0.2) is 20.5 Å². The van der Waals surface area contributed by atoms with Crippen LogP contribution in [-0.2, 0) is 6.18 Å². The highest BCUT2D eigenvalue weighted by Gasteiger charge is 2.30. The third-order valence-electron chi connectivity index (χ3n) is 2.80. The van der Waals surface area contributed by atoms with E-state index in [2.05, 4.69) is 19.9 Å². The number of halogens is 3. The Morgan fingerprint density at radius 3 is 2.78 bits per heavy atom. The predicted molar refractivity (Wildman–Crippen MR) is 80.4 cm³/mol. The summed E-state index contributed by atoms with van der Waals surface area (Å²) in [4.78, 5) is 16.3. The fraction of sp³-hybridized carbons (Fsp3) is 0.0769. The van der Waals surface area contributed by atoms with Crippen molar-refractivity contribution < 1.29 is 18.0 Å². The Labute approximate surface area is 136 Å². The minimum absolute atomic E-state index is 0.288. The van der Waals surface area contributed by atoms with E-state index in [1.54, 1.807) is 5.38 Å². The quantitative estimate of drug-likeness (QED) is 0.772. The number of thiazole rings is 1. The van der Waals surface area contributed by atoms with Gasteiger partial charge in [0.2, 0.25) is 0 Å². The lowest BCUT2D eigenvalue weighted by atomic mass is 10.1. The molecule has 1 aromatic carbocycles. The fourth-order valence-corrected chi connectivity index (χ4v) is 2.87. The molecule has 0 unspecified atom stereocenters. The second-order valence-electron chi connectivity index (χ2n) is 4.35. The summed E-state index contributed by atoms with van der Waals surface area (Å²) in [5.74, 6) is -0.412. The van der Waals surface area contributed by atoms with Crippen LogP contribution in [0.15, 0.2) is 35.8 Å². The van der Waals surface area contributed by atoms with E-state index in [4.69, 9.17) is 0 Å². The highest BCUT2D eigenvalue weighted by Crippen LogP contribution is 2.33. The zero-order valence-corrected chi connectivity index (χ0v) is 12.8. The van der Waals surface area contributed by atoms with E-state index in [0.29, 0.717) is 16.1 Å². The number of aromatic nitrogens is 3. The van der Waals surface area contributed by atoms with Gasteiger partial charge in [-0.2, -0.15) is 13.2 Å². The molecule has 3 rings (SSSR count). The second-order valence-corrected chi connectivity index (χ2v) is 6.00. The molecule has 0 aliphatic carbocycles. The highest BCUT2D eigenvalue weighted by atomic mass is 32.1. The monoisotopic (exact) mass is 356 g/mol. The lowest BCUT2D eigenvalue weighted by Crippen LogP contribution is -2.09. The average molecular weight is 356 g/mol. The molecule has 0 bridgehead atoms. The van der Waals surface area contributed by atoms with Gasteiger partial charge in [-0.25, -0.2) is 4.98 Å². The van der Waals surface area contributed by atoms with Gasteiger partial charge in [0.25, 0.3) is 5.91 Å². The maximum absolute atomic E-state index is 12.7. The standard InChI is InChI=1S/C13H7F3N4OS2/c14-13(15,16)8-3-1-2-7(4-8)9-6-22-12(18-9)19-11(21)10-5-17-20-23-10/h1-6H,(H,18,19,21). The Kier molecular flexibility index (Phi) is 4.09. The van der Waals surface area contributed by atoms with Crippen LogP contribution in [0, 0.1) is 0 Å². The first-order valence-corrected chi connectivity index (χ1v) is 7.80. The highest BCUT2D eigenvalue weighted by molar-refractivity contribution is 7.14.